The normalized spacial score (nSPS) is 11.2. The number of urea groups is 1. The predicted molar refractivity (Wildman–Crippen MR) is 85.0 cm³/mol. The van der Waals surface area contributed by atoms with Crippen LogP contribution in [0.5, 0.6) is 0 Å². The fourth-order valence-electron chi connectivity index (χ4n) is 1.80. The molecule has 0 saturated carbocycles. The first-order valence-corrected chi connectivity index (χ1v) is 7.58. The second-order valence-electron chi connectivity index (χ2n) is 4.65. The van der Waals surface area contributed by atoms with Crippen molar-refractivity contribution >= 4 is 28.3 Å². The van der Waals surface area contributed by atoms with Crippen LogP contribution in [0.4, 0.5) is 28.9 Å². The Labute approximate surface area is 143 Å². The van der Waals surface area contributed by atoms with E-state index in [0.29, 0.717) is 5.01 Å². The number of carbonyl (C=O) groups excluding carboxylic acids is 1. The number of nitrogens with one attached hydrogen (secondary N) is 2. The Hall–Kier alpha value is -3.08. The quantitative estimate of drug-likeness (QED) is 0.738. The van der Waals surface area contributed by atoms with Crippen LogP contribution in [-0.4, -0.2) is 26.2 Å². The standard InChI is InChI=1S/C14H9F3N6OS/c15-14(16,17)9-3-6-19-10(7-9)20-12(24)21-13-23-22-11(25-13)8-1-4-18-5-2-8/h1-7H,(H2,19,20,21,23,24). The predicted octanol–water partition coefficient (Wildman–Crippen LogP) is 3.66. The van der Waals surface area contributed by atoms with Gasteiger partial charge in [-0.2, -0.15) is 13.2 Å². The van der Waals surface area contributed by atoms with Gasteiger partial charge in [-0.15, -0.1) is 10.2 Å². The molecule has 128 valence electrons. The van der Waals surface area contributed by atoms with E-state index in [1.165, 1.54) is 0 Å². The molecule has 0 fully saturated rings. The lowest BCUT2D eigenvalue weighted by molar-refractivity contribution is -0.137. The van der Waals surface area contributed by atoms with Crippen LogP contribution in [0.2, 0.25) is 0 Å². The van der Waals surface area contributed by atoms with Crippen LogP contribution in [-0.2, 0) is 6.18 Å². The topological polar surface area (TPSA) is 92.7 Å². The third kappa shape index (κ3) is 4.26. The van der Waals surface area contributed by atoms with Crippen LogP contribution in [0.3, 0.4) is 0 Å². The van der Waals surface area contributed by atoms with E-state index in [2.05, 4.69) is 30.8 Å². The van der Waals surface area contributed by atoms with Gasteiger partial charge in [-0.05, 0) is 24.3 Å². The van der Waals surface area contributed by atoms with Crippen molar-refractivity contribution in [2.75, 3.05) is 10.6 Å². The van der Waals surface area contributed by atoms with Crippen LogP contribution in [0, 0.1) is 0 Å². The number of hydrogen-bond acceptors (Lipinski definition) is 6. The summed E-state index contributed by atoms with van der Waals surface area (Å²) in [5, 5.41) is 13.1. The molecule has 0 unspecified atom stereocenters. The van der Waals surface area contributed by atoms with Crippen molar-refractivity contribution in [3.8, 4) is 10.6 Å². The summed E-state index contributed by atoms with van der Waals surface area (Å²) in [5.41, 5.74) is -0.130. The summed E-state index contributed by atoms with van der Waals surface area (Å²) in [6.07, 6.45) is -0.370. The van der Waals surface area contributed by atoms with Crippen LogP contribution in [0.15, 0.2) is 42.9 Å². The lowest BCUT2D eigenvalue weighted by atomic mass is 10.2. The van der Waals surface area contributed by atoms with Gasteiger partial charge in [0.05, 0.1) is 5.56 Å². The Morgan fingerprint density at radius 3 is 2.52 bits per heavy atom. The van der Waals surface area contributed by atoms with Gasteiger partial charge in [-0.1, -0.05) is 11.3 Å². The Morgan fingerprint density at radius 2 is 1.80 bits per heavy atom. The van der Waals surface area contributed by atoms with Crippen LogP contribution in [0.25, 0.3) is 10.6 Å². The van der Waals surface area contributed by atoms with E-state index in [4.69, 9.17) is 0 Å². The fourth-order valence-corrected chi connectivity index (χ4v) is 2.55. The summed E-state index contributed by atoms with van der Waals surface area (Å²) in [5.74, 6) is -0.230. The number of aromatic nitrogens is 4. The highest BCUT2D eigenvalue weighted by Gasteiger charge is 2.30. The molecule has 0 bridgehead atoms. The number of carbonyl (C=O) groups is 1. The zero-order chi connectivity index (χ0) is 17.9. The number of rotatable bonds is 3. The van der Waals surface area contributed by atoms with Gasteiger partial charge in [-0.3, -0.25) is 15.6 Å². The van der Waals surface area contributed by atoms with Gasteiger partial charge < -0.3 is 0 Å². The number of hydrogen-bond donors (Lipinski definition) is 2. The summed E-state index contributed by atoms with van der Waals surface area (Å²) in [6, 6.07) is 4.24. The molecule has 3 aromatic rings. The summed E-state index contributed by atoms with van der Waals surface area (Å²) in [4.78, 5) is 19.4. The minimum atomic E-state index is -4.52. The van der Waals surface area contributed by atoms with E-state index < -0.39 is 17.8 Å². The van der Waals surface area contributed by atoms with Gasteiger partial charge in [0.1, 0.15) is 10.8 Å². The van der Waals surface area contributed by atoms with Crippen LogP contribution in [0.1, 0.15) is 5.56 Å². The van der Waals surface area contributed by atoms with Crippen molar-refractivity contribution in [2.45, 2.75) is 6.18 Å². The average molecular weight is 366 g/mol. The number of amides is 2. The minimum Gasteiger partial charge on any atom is -0.292 e. The number of alkyl halides is 3. The van der Waals surface area contributed by atoms with Gasteiger partial charge in [0.2, 0.25) is 5.13 Å². The molecule has 0 aliphatic heterocycles. The molecule has 0 radical (unpaired) electrons. The second-order valence-corrected chi connectivity index (χ2v) is 5.63. The zero-order valence-electron chi connectivity index (χ0n) is 12.3. The molecule has 0 spiro atoms. The Morgan fingerprint density at radius 1 is 1.04 bits per heavy atom. The lowest BCUT2D eigenvalue weighted by Gasteiger charge is -2.08. The highest BCUT2D eigenvalue weighted by Crippen LogP contribution is 2.30. The van der Waals surface area contributed by atoms with Gasteiger partial charge in [-0.25, -0.2) is 9.78 Å². The van der Waals surface area contributed by atoms with Crippen molar-refractivity contribution in [2.24, 2.45) is 0 Å². The molecule has 11 heteroatoms. The monoisotopic (exact) mass is 366 g/mol. The largest absolute Gasteiger partial charge is 0.416 e. The molecular formula is C14H9F3N6OS. The Balaban J connectivity index is 1.67. The van der Waals surface area contributed by atoms with E-state index in [1.54, 1.807) is 24.5 Å². The summed E-state index contributed by atoms with van der Waals surface area (Å²) < 4.78 is 37.9. The van der Waals surface area contributed by atoms with E-state index in [9.17, 15) is 18.0 Å². The van der Waals surface area contributed by atoms with Gasteiger partial charge in [0.25, 0.3) is 0 Å². The maximum absolute atomic E-state index is 12.6. The summed E-state index contributed by atoms with van der Waals surface area (Å²) >= 11 is 1.11. The first-order valence-electron chi connectivity index (χ1n) is 6.77. The molecular weight excluding hydrogens is 357 g/mol. The molecule has 0 aromatic carbocycles. The van der Waals surface area contributed by atoms with Crippen LogP contribution < -0.4 is 10.6 Å². The van der Waals surface area contributed by atoms with E-state index in [0.717, 1.165) is 35.2 Å². The Kier molecular flexibility index (Phi) is 4.57. The molecule has 0 atom stereocenters. The molecule has 7 nitrogen and oxygen atoms in total. The zero-order valence-corrected chi connectivity index (χ0v) is 13.1. The molecule has 3 heterocycles. The van der Waals surface area contributed by atoms with Crippen molar-refractivity contribution in [3.63, 3.8) is 0 Å². The SMILES string of the molecule is O=C(Nc1cc(C(F)(F)F)ccn1)Nc1nnc(-c2ccncc2)s1. The maximum Gasteiger partial charge on any atom is 0.416 e. The number of anilines is 2. The molecule has 25 heavy (non-hydrogen) atoms. The summed E-state index contributed by atoms with van der Waals surface area (Å²) in [7, 11) is 0. The molecule has 0 aliphatic rings. The lowest BCUT2D eigenvalue weighted by Crippen LogP contribution is -2.20. The van der Waals surface area contributed by atoms with Crippen LogP contribution >= 0.6 is 11.3 Å². The third-order valence-corrected chi connectivity index (χ3v) is 3.79. The number of nitrogens with zero attached hydrogens (tertiary/aromatic N) is 4. The number of halogens is 3. The minimum absolute atomic E-state index is 0.191. The van der Waals surface area contributed by atoms with E-state index >= 15 is 0 Å². The molecule has 0 aliphatic carbocycles. The molecule has 0 saturated heterocycles. The van der Waals surface area contributed by atoms with Crippen molar-refractivity contribution in [1.29, 1.82) is 0 Å². The summed E-state index contributed by atoms with van der Waals surface area (Å²) in [6.45, 7) is 0. The molecule has 3 aromatic heterocycles. The highest BCUT2D eigenvalue weighted by atomic mass is 32.1. The van der Waals surface area contributed by atoms with E-state index in [-0.39, 0.29) is 10.9 Å². The highest BCUT2D eigenvalue weighted by molar-refractivity contribution is 7.18. The molecule has 2 amide bonds. The van der Waals surface area contributed by atoms with Gasteiger partial charge >= 0.3 is 12.2 Å². The average Bonchev–Trinajstić information content (AvgIpc) is 3.03. The second kappa shape index (κ2) is 6.81. The Bertz CT molecular complexity index is 884. The third-order valence-electron chi connectivity index (χ3n) is 2.90. The van der Waals surface area contributed by atoms with Crippen molar-refractivity contribution in [1.82, 2.24) is 20.2 Å². The van der Waals surface area contributed by atoms with Gasteiger partial charge in [0.15, 0.2) is 0 Å². The first-order chi connectivity index (χ1) is 11.9. The molecule has 2 N–H and O–H groups in total. The number of pyridine rings is 2. The van der Waals surface area contributed by atoms with Crippen molar-refractivity contribution in [3.05, 3.63) is 48.4 Å². The van der Waals surface area contributed by atoms with E-state index in [1.807, 2.05) is 0 Å². The van der Waals surface area contributed by atoms with Gasteiger partial charge in [0, 0.05) is 24.2 Å². The first kappa shape index (κ1) is 16.8. The van der Waals surface area contributed by atoms with Crippen molar-refractivity contribution < 1.29 is 18.0 Å². The maximum atomic E-state index is 12.6. The fraction of sp³-hybridized carbons (Fsp3) is 0.0714. The smallest absolute Gasteiger partial charge is 0.292 e. The molecule has 3 rings (SSSR count).